The van der Waals surface area contributed by atoms with E-state index in [1.807, 2.05) is 6.07 Å². The summed E-state index contributed by atoms with van der Waals surface area (Å²) in [4.78, 5) is 11.0. The average molecular weight is 162 g/mol. The third-order valence-corrected chi connectivity index (χ3v) is 2.16. The first-order valence-corrected chi connectivity index (χ1v) is 4.10. The van der Waals surface area contributed by atoms with Gasteiger partial charge in [0.15, 0.2) is 5.75 Å². The fraction of sp³-hybridized carbons (Fsp3) is 0.300. The molecule has 0 amide bonds. The molecule has 1 aliphatic rings. The van der Waals surface area contributed by atoms with E-state index in [0.29, 0.717) is 5.92 Å². The molecule has 2 heteroatoms. The molecule has 0 saturated heterocycles. The van der Waals surface area contributed by atoms with Crippen LogP contribution >= 0.6 is 0 Å². The van der Waals surface area contributed by atoms with Crippen molar-refractivity contribution >= 4 is 0 Å². The molecule has 2 nitrogen and oxygen atoms in total. The summed E-state index contributed by atoms with van der Waals surface area (Å²) in [5.41, 5.74) is 0.856. The second kappa shape index (κ2) is 2.63. The zero-order valence-electron chi connectivity index (χ0n) is 6.66. The smallest absolute Gasteiger partial charge is 0.220 e. The molecule has 1 aliphatic carbocycles. The molecule has 1 N–H and O–H groups in total. The highest BCUT2D eigenvalue weighted by molar-refractivity contribution is 5.28. The van der Waals surface area contributed by atoms with Crippen LogP contribution in [-0.2, 0) is 0 Å². The Morgan fingerprint density at radius 1 is 1.17 bits per heavy atom. The lowest BCUT2D eigenvalue weighted by Crippen LogP contribution is -1.91. The Hall–Kier alpha value is -1.31. The zero-order valence-corrected chi connectivity index (χ0v) is 6.66. The van der Waals surface area contributed by atoms with Crippen LogP contribution in [0.3, 0.4) is 0 Å². The van der Waals surface area contributed by atoms with Crippen molar-refractivity contribution in [3.63, 3.8) is 0 Å². The minimum Gasteiger partial charge on any atom is -0.504 e. The normalized spacial score (nSPS) is 16.0. The molecule has 0 aliphatic heterocycles. The molecule has 0 atom stereocenters. The predicted octanol–water partition coefficient (Wildman–Crippen LogP) is 1.63. The van der Waals surface area contributed by atoms with Crippen LogP contribution in [0.2, 0.25) is 0 Å². The Bertz CT molecular complexity index is 353. The van der Waals surface area contributed by atoms with Gasteiger partial charge in [-0.25, -0.2) is 0 Å². The van der Waals surface area contributed by atoms with E-state index in [2.05, 4.69) is 0 Å². The summed E-state index contributed by atoms with van der Waals surface area (Å²) in [7, 11) is 0. The van der Waals surface area contributed by atoms with Crippen molar-refractivity contribution in [2.45, 2.75) is 18.8 Å². The van der Waals surface area contributed by atoms with Crippen molar-refractivity contribution in [1.82, 2.24) is 0 Å². The van der Waals surface area contributed by atoms with Gasteiger partial charge in [0.1, 0.15) is 0 Å². The Labute approximate surface area is 70.5 Å². The van der Waals surface area contributed by atoms with Crippen LogP contribution in [0.15, 0.2) is 29.1 Å². The molecule has 1 saturated carbocycles. The van der Waals surface area contributed by atoms with E-state index in [9.17, 15) is 4.79 Å². The Kier molecular flexibility index (Phi) is 1.61. The standard InChI is InChI=1S/C10H10O2/c11-9-5-3-8(7-1-2-7)4-6-10(9)12/h3-7H,1-2H2,(H,11,12). The van der Waals surface area contributed by atoms with Gasteiger partial charge >= 0.3 is 0 Å². The van der Waals surface area contributed by atoms with Crippen LogP contribution in [-0.4, -0.2) is 5.11 Å². The van der Waals surface area contributed by atoms with E-state index < -0.39 is 0 Å². The largest absolute Gasteiger partial charge is 0.504 e. The fourth-order valence-corrected chi connectivity index (χ4v) is 1.26. The van der Waals surface area contributed by atoms with E-state index in [0.717, 1.165) is 5.56 Å². The van der Waals surface area contributed by atoms with Crippen molar-refractivity contribution in [3.8, 4) is 5.75 Å². The maximum Gasteiger partial charge on any atom is 0.220 e. The minimum atomic E-state index is -0.304. The molecule has 0 bridgehead atoms. The fourth-order valence-electron chi connectivity index (χ4n) is 1.26. The lowest BCUT2D eigenvalue weighted by molar-refractivity contribution is 0.471. The van der Waals surface area contributed by atoms with Crippen LogP contribution in [0.1, 0.15) is 24.3 Å². The predicted molar refractivity (Wildman–Crippen MR) is 46.4 cm³/mol. The number of aromatic hydroxyl groups is 1. The molecular weight excluding hydrogens is 152 g/mol. The van der Waals surface area contributed by atoms with E-state index in [1.165, 1.54) is 25.0 Å². The molecule has 0 heterocycles. The summed E-state index contributed by atoms with van der Waals surface area (Å²) >= 11 is 0. The second-order valence-corrected chi connectivity index (χ2v) is 3.19. The molecule has 12 heavy (non-hydrogen) atoms. The van der Waals surface area contributed by atoms with Gasteiger partial charge in [0.05, 0.1) is 0 Å². The maximum atomic E-state index is 11.0. The molecule has 0 aromatic heterocycles. The second-order valence-electron chi connectivity index (χ2n) is 3.19. The first-order valence-electron chi connectivity index (χ1n) is 4.10. The lowest BCUT2D eigenvalue weighted by Gasteiger charge is -1.87. The van der Waals surface area contributed by atoms with E-state index >= 15 is 0 Å². The van der Waals surface area contributed by atoms with Gasteiger partial charge in [-0.15, -0.1) is 0 Å². The molecule has 0 unspecified atom stereocenters. The monoisotopic (exact) mass is 162 g/mol. The van der Waals surface area contributed by atoms with Gasteiger partial charge in [-0.2, -0.15) is 0 Å². The number of hydrogen-bond acceptors (Lipinski definition) is 2. The Morgan fingerprint density at radius 2 is 1.83 bits per heavy atom. The molecule has 62 valence electrons. The molecule has 0 radical (unpaired) electrons. The third kappa shape index (κ3) is 1.33. The molecule has 1 aromatic rings. The summed E-state index contributed by atoms with van der Waals surface area (Å²) in [6, 6.07) is 6.55. The first-order chi connectivity index (χ1) is 5.77. The summed E-state index contributed by atoms with van der Waals surface area (Å²) in [5.74, 6) is 0.457. The average Bonchev–Trinajstić information content (AvgIpc) is 2.84. The van der Waals surface area contributed by atoms with Crippen LogP contribution in [0.4, 0.5) is 0 Å². The highest BCUT2D eigenvalue weighted by Crippen LogP contribution is 2.39. The van der Waals surface area contributed by atoms with Crippen molar-refractivity contribution in [2.24, 2.45) is 0 Å². The van der Waals surface area contributed by atoms with Gasteiger partial charge in [-0.1, -0.05) is 12.1 Å². The van der Waals surface area contributed by atoms with Crippen molar-refractivity contribution < 1.29 is 5.11 Å². The SMILES string of the molecule is O=c1ccc(C2CC2)ccc1O. The highest BCUT2D eigenvalue weighted by Gasteiger charge is 2.22. The van der Waals surface area contributed by atoms with Gasteiger partial charge in [0, 0.05) is 0 Å². The summed E-state index contributed by atoms with van der Waals surface area (Å²) in [6.45, 7) is 0. The molecule has 1 fully saturated rings. The molecule has 1 aromatic carbocycles. The van der Waals surface area contributed by atoms with Crippen molar-refractivity contribution in [3.05, 3.63) is 40.1 Å². The van der Waals surface area contributed by atoms with Gasteiger partial charge < -0.3 is 5.11 Å². The van der Waals surface area contributed by atoms with Gasteiger partial charge in [-0.05, 0) is 36.5 Å². The van der Waals surface area contributed by atoms with Crippen LogP contribution in [0.25, 0.3) is 0 Å². The number of hydrogen-bond donors (Lipinski definition) is 1. The van der Waals surface area contributed by atoms with E-state index in [-0.39, 0.29) is 11.2 Å². The van der Waals surface area contributed by atoms with Crippen LogP contribution < -0.4 is 5.43 Å². The third-order valence-electron chi connectivity index (χ3n) is 2.16. The summed E-state index contributed by atoms with van der Waals surface area (Å²) in [5, 5.41) is 9.09. The van der Waals surface area contributed by atoms with E-state index in [1.54, 1.807) is 6.07 Å². The summed E-state index contributed by atoms with van der Waals surface area (Å²) in [6.07, 6.45) is 2.41. The van der Waals surface area contributed by atoms with Crippen molar-refractivity contribution in [1.29, 1.82) is 0 Å². The Morgan fingerprint density at radius 3 is 2.50 bits per heavy atom. The Balaban J connectivity index is 2.49. The first kappa shape index (κ1) is 7.35. The van der Waals surface area contributed by atoms with Crippen molar-refractivity contribution in [2.75, 3.05) is 0 Å². The molecule has 2 rings (SSSR count). The maximum absolute atomic E-state index is 11.0. The quantitative estimate of drug-likeness (QED) is 0.681. The van der Waals surface area contributed by atoms with Crippen LogP contribution in [0, 0.1) is 0 Å². The van der Waals surface area contributed by atoms with Gasteiger partial charge in [0.25, 0.3) is 0 Å². The van der Waals surface area contributed by atoms with E-state index in [4.69, 9.17) is 5.11 Å². The van der Waals surface area contributed by atoms with Gasteiger partial charge in [0.2, 0.25) is 5.43 Å². The lowest BCUT2D eigenvalue weighted by atomic mass is 10.2. The molecule has 0 spiro atoms. The van der Waals surface area contributed by atoms with Gasteiger partial charge in [-0.3, -0.25) is 4.79 Å². The molecular formula is C10H10O2. The number of rotatable bonds is 1. The minimum absolute atomic E-state index is 0.165. The summed E-state index contributed by atoms with van der Waals surface area (Å²) < 4.78 is 0. The topological polar surface area (TPSA) is 37.3 Å². The zero-order chi connectivity index (χ0) is 8.55. The van der Waals surface area contributed by atoms with Crippen LogP contribution in [0.5, 0.6) is 5.75 Å². The highest BCUT2D eigenvalue weighted by atomic mass is 16.3.